The van der Waals surface area contributed by atoms with E-state index in [0.717, 1.165) is 5.56 Å². The SMILES string of the molecule is Nc1cc(C(=O)NC(CO)Cc2ccccc2)ccc1Cl. The maximum Gasteiger partial charge on any atom is 0.251 e. The minimum absolute atomic E-state index is 0.135. The molecule has 110 valence electrons. The number of hydrogen-bond acceptors (Lipinski definition) is 3. The van der Waals surface area contributed by atoms with E-state index in [9.17, 15) is 9.90 Å². The van der Waals surface area contributed by atoms with E-state index in [2.05, 4.69) is 5.32 Å². The van der Waals surface area contributed by atoms with E-state index in [1.165, 1.54) is 6.07 Å². The van der Waals surface area contributed by atoms with Gasteiger partial charge in [-0.1, -0.05) is 41.9 Å². The number of nitrogen functional groups attached to an aromatic ring is 1. The number of carbonyl (C=O) groups excluding carboxylic acids is 1. The zero-order chi connectivity index (χ0) is 15.2. The van der Waals surface area contributed by atoms with Crippen LogP contribution in [0.1, 0.15) is 15.9 Å². The van der Waals surface area contributed by atoms with E-state index < -0.39 is 0 Å². The van der Waals surface area contributed by atoms with Gasteiger partial charge in [-0.25, -0.2) is 0 Å². The van der Waals surface area contributed by atoms with Gasteiger partial charge in [-0.05, 0) is 30.2 Å². The number of amides is 1. The van der Waals surface area contributed by atoms with Gasteiger partial charge in [-0.2, -0.15) is 0 Å². The average Bonchev–Trinajstić information content (AvgIpc) is 2.50. The topological polar surface area (TPSA) is 75.4 Å². The van der Waals surface area contributed by atoms with Crippen molar-refractivity contribution in [3.8, 4) is 0 Å². The van der Waals surface area contributed by atoms with Crippen molar-refractivity contribution in [3.05, 3.63) is 64.7 Å². The molecule has 5 heteroatoms. The summed E-state index contributed by atoms with van der Waals surface area (Å²) in [5, 5.41) is 12.6. The van der Waals surface area contributed by atoms with Gasteiger partial charge in [0.05, 0.1) is 23.4 Å². The number of benzene rings is 2. The molecule has 21 heavy (non-hydrogen) atoms. The molecule has 1 unspecified atom stereocenters. The van der Waals surface area contributed by atoms with Gasteiger partial charge in [0.25, 0.3) is 5.91 Å². The molecule has 0 spiro atoms. The number of anilines is 1. The van der Waals surface area contributed by atoms with Crippen molar-refractivity contribution in [3.63, 3.8) is 0 Å². The number of rotatable bonds is 5. The monoisotopic (exact) mass is 304 g/mol. The van der Waals surface area contributed by atoms with E-state index in [1.54, 1.807) is 12.1 Å². The van der Waals surface area contributed by atoms with Crippen molar-refractivity contribution in [2.45, 2.75) is 12.5 Å². The second-order valence-corrected chi connectivity index (χ2v) is 5.19. The second-order valence-electron chi connectivity index (χ2n) is 4.78. The number of hydrogen-bond donors (Lipinski definition) is 3. The van der Waals surface area contributed by atoms with Crippen LogP contribution < -0.4 is 11.1 Å². The average molecular weight is 305 g/mol. The van der Waals surface area contributed by atoms with E-state index >= 15 is 0 Å². The van der Waals surface area contributed by atoms with Crippen LogP contribution in [0, 0.1) is 0 Å². The van der Waals surface area contributed by atoms with Crippen LogP contribution >= 0.6 is 11.6 Å². The summed E-state index contributed by atoms with van der Waals surface area (Å²) in [7, 11) is 0. The largest absolute Gasteiger partial charge is 0.398 e. The summed E-state index contributed by atoms with van der Waals surface area (Å²) in [6.45, 7) is -0.135. The lowest BCUT2D eigenvalue weighted by atomic mass is 10.1. The molecule has 2 aromatic rings. The van der Waals surface area contributed by atoms with Crippen LogP contribution in [0.2, 0.25) is 5.02 Å². The van der Waals surface area contributed by atoms with Crippen LogP contribution in [0.3, 0.4) is 0 Å². The van der Waals surface area contributed by atoms with Crippen LogP contribution in [0.25, 0.3) is 0 Å². The van der Waals surface area contributed by atoms with Crippen molar-refractivity contribution in [1.29, 1.82) is 0 Å². The highest BCUT2D eigenvalue weighted by molar-refractivity contribution is 6.33. The summed E-state index contributed by atoms with van der Waals surface area (Å²) >= 11 is 5.83. The van der Waals surface area contributed by atoms with Gasteiger partial charge in [0, 0.05) is 5.56 Å². The molecule has 0 saturated heterocycles. The fraction of sp³-hybridized carbons (Fsp3) is 0.188. The highest BCUT2D eigenvalue weighted by Gasteiger charge is 2.14. The van der Waals surface area contributed by atoms with Crippen molar-refractivity contribution in [2.24, 2.45) is 0 Å². The Labute approximate surface area is 128 Å². The van der Waals surface area contributed by atoms with Crippen LogP contribution in [-0.2, 0) is 6.42 Å². The normalized spacial score (nSPS) is 11.9. The van der Waals surface area contributed by atoms with Crippen LogP contribution in [0.5, 0.6) is 0 Å². The van der Waals surface area contributed by atoms with E-state index in [0.29, 0.717) is 22.7 Å². The third-order valence-electron chi connectivity index (χ3n) is 3.14. The molecule has 4 nitrogen and oxygen atoms in total. The summed E-state index contributed by atoms with van der Waals surface area (Å²) in [5.41, 5.74) is 7.51. The predicted molar refractivity (Wildman–Crippen MR) is 84.4 cm³/mol. The Balaban J connectivity index is 2.04. The Morgan fingerprint density at radius 1 is 1.24 bits per heavy atom. The van der Waals surface area contributed by atoms with Crippen LogP contribution in [0.15, 0.2) is 48.5 Å². The molecular weight excluding hydrogens is 288 g/mol. The molecule has 0 saturated carbocycles. The first-order valence-corrected chi connectivity index (χ1v) is 6.98. The lowest BCUT2D eigenvalue weighted by Gasteiger charge is -2.16. The van der Waals surface area contributed by atoms with Gasteiger partial charge in [0.15, 0.2) is 0 Å². The number of carbonyl (C=O) groups is 1. The van der Waals surface area contributed by atoms with Gasteiger partial charge in [-0.3, -0.25) is 4.79 Å². The molecule has 4 N–H and O–H groups in total. The molecule has 1 amide bonds. The molecule has 0 radical (unpaired) electrons. The predicted octanol–water partition coefficient (Wildman–Crippen LogP) is 2.26. The van der Waals surface area contributed by atoms with E-state index in [4.69, 9.17) is 17.3 Å². The summed E-state index contributed by atoms with van der Waals surface area (Å²) in [5.74, 6) is -0.284. The Bertz CT molecular complexity index is 617. The third kappa shape index (κ3) is 4.21. The van der Waals surface area contributed by atoms with E-state index in [1.807, 2.05) is 30.3 Å². The van der Waals surface area contributed by atoms with Gasteiger partial charge < -0.3 is 16.2 Å². The lowest BCUT2D eigenvalue weighted by molar-refractivity contribution is 0.0916. The second kappa shape index (κ2) is 7.11. The van der Waals surface area contributed by atoms with Crippen molar-refractivity contribution in [1.82, 2.24) is 5.32 Å². The highest BCUT2D eigenvalue weighted by atomic mass is 35.5. The Morgan fingerprint density at radius 2 is 1.95 bits per heavy atom. The molecule has 2 rings (SSSR count). The maximum absolute atomic E-state index is 12.1. The summed E-state index contributed by atoms with van der Waals surface area (Å²) in [4.78, 5) is 12.1. The summed E-state index contributed by atoms with van der Waals surface area (Å²) in [6, 6.07) is 14.0. The van der Waals surface area contributed by atoms with Crippen molar-refractivity contribution in [2.75, 3.05) is 12.3 Å². The molecule has 0 fully saturated rings. The number of aliphatic hydroxyl groups excluding tert-OH is 1. The van der Waals surface area contributed by atoms with Gasteiger partial charge >= 0.3 is 0 Å². The molecule has 2 aromatic carbocycles. The van der Waals surface area contributed by atoms with Gasteiger partial charge in [-0.15, -0.1) is 0 Å². The molecule has 0 heterocycles. The fourth-order valence-corrected chi connectivity index (χ4v) is 2.13. The molecule has 0 aromatic heterocycles. The Morgan fingerprint density at radius 3 is 2.57 bits per heavy atom. The quantitative estimate of drug-likeness (QED) is 0.742. The molecule has 0 bridgehead atoms. The third-order valence-corrected chi connectivity index (χ3v) is 3.48. The standard InChI is InChI=1S/C16H17ClN2O2/c17-14-7-6-12(9-15(14)18)16(21)19-13(10-20)8-11-4-2-1-3-5-11/h1-7,9,13,20H,8,10,18H2,(H,19,21). The van der Waals surface area contributed by atoms with Crippen LogP contribution in [0.4, 0.5) is 5.69 Å². The molecule has 0 aliphatic carbocycles. The first-order valence-electron chi connectivity index (χ1n) is 6.61. The molecule has 1 atom stereocenters. The highest BCUT2D eigenvalue weighted by Crippen LogP contribution is 2.19. The number of aliphatic hydroxyl groups is 1. The molecule has 0 aliphatic rings. The number of halogens is 1. The fourth-order valence-electron chi connectivity index (χ4n) is 2.01. The Kier molecular flexibility index (Phi) is 5.20. The lowest BCUT2D eigenvalue weighted by Crippen LogP contribution is -2.39. The number of nitrogens with two attached hydrogens (primary N) is 1. The molecule has 0 aliphatic heterocycles. The maximum atomic E-state index is 12.1. The first-order chi connectivity index (χ1) is 10.1. The van der Waals surface area contributed by atoms with Crippen molar-refractivity contribution >= 4 is 23.2 Å². The van der Waals surface area contributed by atoms with Gasteiger partial charge in [0.2, 0.25) is 0 Å². The summed E-state index contributed by atoms with van der Waals surface area (Å²) < 4.78 is 0. The minimum Gasteiger partial charge on any atom is -0.398 e. The zero-order valence-corrected chi connectivity index (χ0v) is 12.2. The zero-order valence-electron chi connectivity index (χ0n) is 11.4. The van der Waals surface area contributed by atoms with E-state index in [-0.39, 0.29) is 18.6 Å². The van der Waals surface area contributed by atoms with Gasteiger partial charge in [0.1, 0.15) is 0 Å². The Hall–Kier alpha value is -2.04. The molecular formula is C16H17ClN2O2. The minimum atomic E-state index is -0.350. The first kappa shape index (κ1) is 15.4. The summed E-state index contributed by atoms with van der Waals surface area (Å²) in [6.07, 6.45) is 0.562. The number of nitrogens with one attached hydrogen (secondary N) is 1. The van der Waals surface area contributed by atoms with Crippen molar-refractivity contribution < 1.29 is 9.90 Å². The van der Waals surface area contributed by atoms with Crippen LogP contribution in [-0.4, -0.2) is 23.7 Å². The smallest absolute Gasteiger partial charge is 0.251 e.